The molecule has 1 unspecified atom stereocenters. The van der Waals surface area contributed by atoms with Gasteiger partial charge in [-0.1, -0.05) is 15.9 Å². The predicted molar refractivity (Wildman–Crippen MR) is 64.8 cm³/mol. The Bertz CT molecular complexity index is 383. The summed E-state index contributed by atoms with van der Waals surface area (Å²) in [5, 5.41) is 0. The van der Waals surface area contributed by atoms with E-state index in [1.807, 2.05) is 6.07 Å². The number of carbonyl (C=O) groups is 1. The first-order chi connectivity index (χ1) is 7.63. The second-order valence-corrected chi connectivity index (χ2v) is 5.40. The number of hydrogen-bond donors (Lipinski definition) is 0. The highest BCUT2D eigenvalue weighted by Gasteiger charge is 2.19. The van der Waals surface area contributed by atoms with Crippen molar-refractivity contribution in [2.45, 2.75) is 32.1 Å². The van der Waals surface area contributed by atoms with Crippen molar-refractivity contribution < 1.29 is 9.18 Å². The molecule has 3 heteroatoms. The number of rotatable bonds is 2. The maximum atomic E-state index is 13.2. The second kappa shape index (κ2) is 5.09. The number of carbonyl (C=O) groups excluding carboxylic acids is 1. The Morgan fingerprint density at radius 3 is 2.88 bits per heavy atom. The maximum absolute atomic E-state index is 13.2. The number of Topliss-reactive ketones (excluding diaryl/α,β-unsaturated/α-hetero) is 1. The number of ketones is 1. The van der Waals surface area contributed by atoms with Crippen LogP contribution in [-0.2, 0) is 11.2 Å². The van der Waals surface area contributed by atoms with E-state index in [0.29, 0.717) is 18.1 Å². The molecule has 0 heterocycles. The van der Waals surface area contributed by atoms with Gasteiger partial charge in [0.05, 0.1) is 0 Å². The molecule has 1 nitrogen and oxygen atoms in total. The van der Waals surface area contributed by atoms with E-state index in [9.17, 15) is 9.18 Å². The van der Waals surface area contributed by atoms with Gasteiger partial charge in [-0.15, -0.1) is 0 Å². The minimum Gasteiger partial charge on any atom is -0.300 e. The monoisotopic (exact) mass is 284 g/mol. The quantitative estimate of drug-likeness (QED) is 0.805. The first-order valence-corrected chi connectivity index (χ1v) is 6.39. The van der Waals surface area contributed by atoms with Crippen molar-refractivity contribution in [3.63, 3.8) is 0 Å². The Balaban J connectivity index is 2.05. The third-order valence-electron chi connectivity index (χ3n) is 3.03. The fourth-order valence-corrected chi connectivity index (χ4v) is 2.86. The molecule has 0 aromatic heterocycles. The summed E-state index contributed by atoms with van der Waals surface area (Å²) in [6.45, 7) is 0. The molecule has 1 aromatic rings. The summed E-state index contributed by atoms with van der Waals surface area (Å²) in [5.74, 6) is 0.535. The van der Waals surface area contributed by atoms with Crippen molar-refractivity contribution in [1.29, 1.82) is 0 Å². The van der Waals surface area contributed by atoms with E-state index < -0.39 is 0 Å². The molecule has 0 N–H and O–H groups in total. The van der Waals surface area contributed by atoms with Crippen LogP contribution in [0, 0.1) is 11.7 Å². The van der Waals surface area contributed by atoms with Gasteiger partial charge in [0, 0.05) is 17.3 Å². The zero-order valence-corrected chi connectivity index (χ0v) is 10.6. The lowest BCUT2D eigenvalue weighted by molar-refractivity contribution is -0.121. The molecule has 0 aliphatic heterocycles. The lowest BCUT2D eigenvalue weighted by Crippen LogP contribution is -2.16. The van der Waals surface area contributed by atoms with Gasteiger partial charge in [0.25, 0.3) is 0 Å². The Morgan fingerprint density at radius 1 is 1.38 bits per heavy atom. The lowest BCUT2D eigenvalue weighted by atomic mass is 9.84. The molecule has 0 amide bonds. The molecule has 0 bridgehead atoms. The minimum atomic E-state index is -0.216. The normalized spacial score (nSPS) is 21.1. The van der Waals surface area contributed by atoms with Crippen LogP contribution in [0.4, 0.5) is 4.39 Å². The van der Waals surface area contributed by atoms with Gasteiger partial charge >= 0.3 is 0 Å². The standard InChI is InChI=1S/C13H14BrFO/c14-11-5-10(6-12(15)8-11)4-9-2-1-3-13(16)7-9/h5-6,8-9H,1-4,7H2. The summed E-state index contributed by atoms with van der Waals surface area (Å²) in [4.78, 5) is 11.3. The van der Waals surface area contributed by atoms with Crippen molar-refractivity contribution >= 4 is 21.7 Å². The summed E-state index contributed by atoms with van der Waals surface area (Å²) in [5.41, 5.74) is 0.978. The molecule has 2 rings (SSSR count). The first-order valence-electron chi connectivity index (χ1n) is 5.60. The van der Waals surface area contributed by atoms with Gasteiger partial charge in [-0.25, -0.2) is 4.39 Å². The fourth-order valence-electron chi connectivity index (χ4n) is 2.35. The van der Waals surface area contributed by atoms with Gasteiger partial charge in [0.2, 0.25) is 0 Å². The lowest BCUT2D eigenvalue weighted by Gasteiger charge is -2.20. The van der Waals surface area contributed by atoms with Gasteiger partial charge in [-0.3, -0.25) is 4.79 Å². The molecule has 0 spiro atoms. The molecule has 1 saturated carbocycles. The van der Waals surface area contributed by atoms with Crippen LogP contribution in [0.5, 0.6) is 0 Å². The smallest absolute Gasteiger partial charge is 0.133 e. The van der Waals surface area contributed by atoms with Crippen molar-refractivity contribution in [2.24, 2.45) is 5.92 Å². The molecule has 0 radical (unpaired) electrons. The summed E-state index contributed by atoms with van der Waals surface area (Å²) in [6.07, 6.45) is 4.26. The van der Waals surface area contributed by atoms with E-state index in [1.165, 1.54) is 6.07 Å². The molecule has 1 fully saturated rings. The topological polar surface area (TPSA) is 17.1 Å². The molecule has 0 saturated heterocycles. The maximum Gasteiger partial charge on any atom is 0.133 e. The molecule has 1 aromatic carbocycles. The number of benzene rings is 1. The summed E-state index contributed by atoms with van der Waals surface area (Å²) in [7, 11) is 0. The minimum absolute atomic E-state index is 0.216. The number of hydrogen-bond acceptors (Lipinski definition) is 1. The summed E-state index contributed by atoms with van der Waals surface area (Å²) >= 11 is 3.28. The van der Waals surface area contributed by atoms with Crippen LogP contribution < -0.4 is 0 Å². The Hall–Kier alpha value is -0.700. The molecule has 1 atom stereocenters. The second-order valence-electron chi connectivity index (χ2n) is 4.48. The van der Waals surface area contributed by atoms with Crippen LogP contribution in [0.1, 0.15) is 31.2 Å². The average molecular weight is 285 g/mol. The summed E-state index contributed by atoms with van der Waals surface area (Å²) in [6, 6.07) is 4.95. The Morgan fingerprint density at radius 2 is 2.19 bits per heavy atom. The highest BCUT2D eigenvalue weighted by atomic mass is 79.9. The zero-order chi connectivity index (χ0) is 11.5. The van der Waals surface area contributed by atoms with Crippen LogP contribution in [0.2, 0.25) is 0 Å². The van der Waals surface area contributed by atoms with Gasteiger partial charge in [-0.2, -0.15) is 0 Å². The van der Waals surface area contributed by atoms with Gasteiger partial charge < -0.3 is 0 Å². The van der Waals surface area contributed by atoms with E-state index in [0.717, 1.165) is 35.7 Å². The van der Waals surface area contributed by atoms with E-state index in [-0.39, 0.29) is 5.82 Å². The van der Waals surface area contributed by atoms with Gasteiger partial charge in [-0.05, 0) is 48.9 Å². The Kier molecular flexibility index (Phi) is 3.74. The van der Waals surface area contributed by atoms with Crippen LogP contribution in [0.25, 0.3) is 0 Å². The van der Waals surface area contributed by atoms with E-state index in [4.69, 9.17) is 0 Å². The van der Waals surface area contributed by atoms with Crippen LogP contribution in [0.15, 0.2) is 22.7 Å². The van der Waals surface area contributed by atoms with Crippen LogP contribution in [-0.4, -0.2) is 5.78 Å². The van der Waals surface area contributed by atoms with Crippen molar-refractivity contribution in [3.8, 4) is 0 Å². The summed E-state index contributed by atoms with van der Waals surface area (Å²) < 4.78 is 13.9. The molecule has 1 aliphatic rings. The first kappa shape index (κ1) is 11.8. The van der Waals surface area contributed by atoms with Gasteiger partial charge in [0.15, 0.2) is 0 Å². The predicted octanol–water partition coefficient (Wildman–Crippen LogP) is 3.89. The molecular weight excluding hydrogens is 271 g/mol. The fraction of sp³-hybridized carbons (Fsp3) is 0.462. The van der Waals surface area contributed by atoms with Gasteiger partial charge in [0.1, 0.15) is 11.6 Å². The van der Waals surface area contributed by atoms with E-state index in [2.05, 4.69) is 15.9 Å². The molecule has 1 aliphatic carbocycles. The average Bonchev–Trinajstić information content (AvgIpc) is 2.15. The van der Waals surface area contributed by atoms with Crippen molar-refractivity contribution in [2.75, 3.05) is 0 Å². The third-order valence-corrected chi connectivity index (χ3v) is 3.49. The highest BCUT2D eigenvalue weighted by Crippen LogP contribution is 2.26. The van der Waals surface area contributed by atoms with Crippen molar-refractivity contribution in [1.82, 2.24) is 0 Å². The molecular formula is C13H14BrFO. The largest absolute Gasteiger partial charge is 0.300 e. The van der Waals surface area contributed by atoms with E-state index >= 15 is 0 Å². The molecule has 86 valence electrons. The zero-order valence-electron chi connectivity index (χ0n) is 9.01. The Labute approximate surface area is 103 Å². The third kappa shape index (κ3) is 3.14. The van der Waals surface area contributed by atoms with Crippen LogP contribution >= 0.6 is 15.9 Å². The van der Waals surface area contributed by atoms with Crippen molar-refractivity contribution in [3.05, 3.63) is 34.1 Å². The van der Waals surface area contributed by atoms with E-state index in [1.54, 1.807) is 6.07 Å². The highest BCUT2D eigenvalue weighted by molar-refractivity contribution is 9.10. The SMILES string of the molecule is O=C1CCCC(Cc2cc(F)cc(Br)c2)C1. The van der Waals surface area contributed by atoms with Crippen LogP contribution in [0.3, 0.4) is 0 Å². The number of halogens is 2. The molecule has 16 heavy (non-hydrogen) atoms.